The average molecular weight is 342 g/mol. The van der Waals surface area contributed by atoms with Crippen LogP contribution in [0.2, 0.25) is 0 Å². The first kappa shape index (κ1) is 21.4. The number of hydrogen-bond acceptors (Lipinski definition) is 8. The van der Waals surface area contributed by atoms with E-state index >= 15 is 0 Å². The van der Waals surface area contributed by atoms with Crippen LogP contribution in [0.4, 0.5) is 0 Å². The van der Waals surface area contributed by atoms with Gasteiger partial charge in [-0.2, -0.15) is 0 Å². The molecule has 1 atom stereocenters. The van der Waals surface area contributed by atoms with E-state index in [0.717, 1.165) is 12.2 Å². The molecule has 8 heteroatoms. The normalized spacial score (nSPS) is 10.9. The zero-order valence-electron chi connectivity index (χ0n) is 13.7. The van der Waals surface area contributed by atoms with E-state index in [0.29, 0.717) is 6.42 Å². The zero-order chi connectivity index (χ0) is 18.4. The Morgan fingerprint density at radius 2 is 1.33 bits per heavy atom. The lowest BCUT2D eigenvalue weighted by atomic mass is 10.3. The molecule has 24 heavy (non-hydrogen) atoms. The molecule has 0 aromatic heterocycles. The van der Waals surface area contributed by atoms with Crippen LogP contribution in [0.5, 0.6) is 0 Å². The molecular formula is C16H22O8. The predicted octanol–water partition coefficient (Wildman–Crippen LogP) is 1.09. The van der Waals surface area contributed by atoms with Gasteiger partial charge in [-0.25, -0.2) is 9.59 Å². The molecule has 0 rings (SSSR count). The Morgan fingerprint density at radius 3 is 1.83 bits per heavy atom. The Balaban J connectivity index is 3.71. The van der Waals surface area contributed by atoms with Crippen LogP contribution in [0.3, 0.4) is 0 Å². The maximum absolute atomic E-state index is 11.5. The number of ether oxygens (including phenoxy) is 4. The number of carbonyl (C=O) groups excluding carboxylic acids is 4. The lowest BCUT2D eigenvalue weighted by Gasteiger charge is -2.13. The summed E-state index contributed by atoms with van der Waals surface area (Å²) in [5.41, 5.74) is 0. The van der Waals surface area contributed by atoms with E-state index in [2.05, 4.69) is 22.6 Å². The Hall–Kier alpha value is -2.64. The highest BCUT2D eigenvalue weighted by Gasteiger charge is 2.12. The van der Waals surface area contributed by atoms with Gasteiger partial charge in [0, 0.05) is 18.6 Å². The van der Waals surface area contributed by atoms with Crippen molar-refractivity contribution in [2.75, 3.05) is 19.8 Å². The fraction of sp³-hybridized carbons (Fsp3) is 0.500. The van der Waals surface area contributed by atoms with Crippen molar-refractivity contribution < 1.29 is 38.1 Å². The summed E-state index contributed by atoms with van der Waals surface area (Å²) in [6, 6.07) is 0. The van der Waals surface area contributed by atoms with Crippen LogP contribution in [0.15, 0.2) is 25.3 Å². The molecule has 1 unspecified atom stereocenters. The highest BCUT2D eigenvalue weighted by Crippen LogP contribution is 2.02. The molecule has 0 bridgehead atoms. The predicted molar refractivity (Wildman–Crippen MR) is 82.7 cm³/mol. The van der Waals surface area contributed by atoms with Gasteiger partial charge in [0.2, 0.25) is 0 Å². The summed E-state index contributed by atoms with van der Waals surface area (Å²) in [6.07, 6.45) is 1.72. The molecule has 0 radical (unpaired) electrons. The topological polar surface area (TPSA) is 105 Å². The molecule has 0 saturated heterocycles. The molecule has 0 fully saturated rings. The van der Waals surface area contributed by atoms with Gasteiger partial charge in [0.15, 0.2) is 0 Å². The maximum Gasteiger partial charge on any atom is 0.330 e. The monoisotopic (exact) mass is 342 g/mol. The van der Waals surface area contributed by atoms with Crippen LogP contribution in [-0.2, 0) is 38.1 Å². The SMILES string of the molecule is C=CC(=O)OCCC(=O)OCCC(C)OC(=O)CCOC(=O)C=C. The van der Waals surface area contributed by atoms with E-state index in [1.165, 1.54) is 0 Å². The summed E-state index contributed by atoms with van der Waals surface area (Å²) in [6.45, 7) is 7.98. The molecule has 0 aliphatic carbocycles. The Morgan fingerprint density at radius 1 is 0.833 bits per heavy atom. The van der Waals surface area contributed by atoms with Gasteiger partial charge >= 0.3 is 23.9 Å². The van der Waals surface area contributed by atoms with Crippen LogP contribution in [0.25, 0.3) is 0 Å². The molecule has 0 heterocycles. The van der Waals surface area contributed by atoms with Gasteiger partial charge in [0.05, 0.1) is 19.4 Å². The van der Waals surface area contributed by atoms with Crippen molar-refractivity contribution in [1.82, 2.24) is 0 Å². The van der Waals surface area contributed by atoms with Crippen LogP contribution in [0, 0.1) is 0 Å². The van der Waals surface area contributed by atoms with E-state index in [4.69, 9.17) is 9.47 Å². The first-order chi connectivity index (χ1) is 11.4. The third-order valence-corrected chi connectivity index (χ3v) is 2.55. The average Bonchev–Trinajstić information content (AvgIpc) is 2.54. The van der Waals surface area contributed by atoms with Crippen molar-refractivity contribution in [3.63, 3.8) is 0 Å². The third kappa shape index (κ3) is 12.0. The second kappa shape index (κ2) is 12.9. The molecule has 0 saturated carbocycles. The Bertz CT molecular complexity index is 469. The van der Waals surface area contributed by atoms with Gasteiger partial charge < -0.3 is 18.9 Å². The van der Waals surface area contributed by atoms with Crippen molar-refractivity contribution in [2.45, 2.75) is 32.3 Å². The molecule has 0 spiro atoms. The van der Waals surface area contributed by atoms with Gasteiger partial charge in [-0.3, -0.25) is 9.59 Å². The van der Waals surface area contributed by atoms with Gasteiger partial charge in [0.1, 0.15) is 19.3 Å². The first-order valence-corrected chi connectivity index (χ1v) is 7.32. The molecule has 0 aliphatic rings. The van der Waals surface area contributed by atoms with Gasteiger partial charge in [0.25, 0.3) is 0 Å². The molecule has 8 nitrogen and oxygen atoms in total. The minimum Gasteiger partial charge on any atom is -0.465 e. The van der Waals surface area contributed by atoms with Gasteiger partial charge in [-0.1, -0.05) is 13.2 Å². The summed E-state index contributed by atoms with van der Waals surface area (Å²) in [4.78, 5) is 44.3. The third-order valence-electron chi connectivity index (χ3n) is 2.55. The van der Waals surface area contributed by atoms with Gasteiger partial charge in [-0.15, -0.1) is 0 Å². The van der Waals surface area contributed by atoms with Crippen molar-refractivity contribution >= 4 is 23.9 Å². The second-order valence-corrected chi connectivity index (χ2v) is 4.55. The standard InChI is InChI=1S/C16H22O8/c1-4-13(17)21-10-7-15(19)23-9-6-12(3)24-16(20)8-11-22-14(18)5-2/h4-5,12H,1-2,6-11H2,3H3. The van der Waals surface area contributed by atoms with Crippen LogP contribution >= 0.6 is 0 Å². The van der Waals surface area contributed by atoms with E-state index in [-0.39, 0.29) is 32.7 Å². The summed E-state index contributed by atoms with van der Waals surface area (Å²) in [7, 11) is 0. The maximum atomic E-state index is 11.5. The molecular weight excluding hydrogens is 320 g/mol. The van der Waals surface area contributed by atoms with E-state index in [9.17, 15) is 19.2 Å². The number of carbonyl (C=O) groups is 4. The van der Waals surface area contributed by atoms with Crippen LogP contribution < -0.4 is 0 Å². The van der Waals surface area contributed by atoms with Crippen LogP contribution in [-0.4, -0.2) is 49.8 Å². The van der Waals surface area contributed by atoms with E-state index in [1.54, 1.807) is 6.92 Å². The van der Waals surface area contributed by atoms with E-state index < -0.39 is 30.0 Å². The highest BCUT2D eigenvalue weighted by atomic mass is 16.6. The Kier molecular flexibility index (Phi) is 11.4. The summed E-state index contributed by atoms with van der Waals surface area (Å²) in [5.74, 6) is -2.27. The minimum atomic E-state index is -0.610. The Labute approximate surface area is 140 Å². The summed E-state index contributed by atoms with van der Waals surface area (Å²) >= 11 is 0. The van der Waals surface area contributed by atoms with E-state index in [1.807, 2.05) is 0 Å². The van der Waals surface area contributed by atoms with Crippen molar-refractivity contribution in [2.24, 2.45) is 0 Å². The second-order valence-electron chi connectivity index (χ2n) is 4.55. The van der Waals surface area contributed by atoms with Crippen molar-refractivity contribution in [3.8, 4) is 0 Å². The lowest BCUT2D eigenvalue weighted by molar-refractivity contribution is -0.152. The first-order valence-electron chi connectivity index (χ1n) is 7.32. The minimum absolute atomic E-state index is 0.0636. The highest BCUT2D eigenvalue weighted by molar-refractivity contribution is 5.81. The smallest absolute Gasteiger partial charge is 0.330 e. The molecule has 0 aliphatic heterocycles. The molecule has 134 valence electrons. The van der Waals surface area contributed by atoms with Crippen LogP contribution in [0.1, 0.15) is 26.2 Å². The quantitative estimate of drug-likeness (QED) is 0.295. The zero-order valence-corrected chi connectivity index (χ0v) is 13.7. The molecule has 0 aromatic rings. The largest absolute Gasteiger partial charge is 0.465 e. The molecule has 0 aromatic carbocycles. The molecule has 0 amide bonds. The number of esters is 4. The van der Waals surface area contributed by atoms with Crippen molar-refractivity contribution in [1.29, 1.82) is 0 Å². The summed E-state index contributed by atoms with van der Waals surface area (Å²) in [5, 5.41) is 0. The van der Waals surface area contributed by atoms with Crippen molar-refractivity contribution in [3.05, 3.63) is 25.3 Å². The molecule has 0 N–H and O–H groups in total. The van der Waals surface area contributed by atoms with Gasteiger partial charge in [-0.05, 0) is 6.92 Å². The number of hydrogen-bond donors (Lipinski definition) is 0. The fourth-order valence-corrected chi connectivity index (χ4v) is 1.34. The fourth-order valence-electron chi connectivity index (χ4n) is 1.34. The number of rotatable bonds is 12. The lowest BCUT2D eigenvalue weighted by Crippen LogP contribution is -2.20. The summed E-state index contributed by atoms with van der Waals surface area (Å²) < 4.78 is 19.2.